The third-order valence-electron chi connectivity index (χ3n) is 3.25. The van der Waals surface area contributed by atoms with Gasteiger partial charge in [0.05, 0.1) is 0 Å². The second kappa shape index (κ2) is 7.67. The van der Waals surface area contributed by atoms with Gasteiger partial charge in [-0.05, 0) is 26.3 Å². The fourth-order valence-corrected chi connectivity index (χ4v) is 2.91. The molecule has 0 aliphatic carbocycles. The molecule has 1 fully saturated rings. The Labute approximate surface area is 122 Å². The van der Waals surface area contributed by atoms with Gasteiger partial charge in [0.2, 0.25) is 5.91 Å². The number of hydrogen-bond donors (Lipinski definition) is 2. The van der Waals surface area contributed by atoms with Crippen LogP contribution in [-0.2, 0) is 11.3 Å². The van der Waals surface area contributed by atoms with Gasteiger partial charge in [-0.15, -0.1) is 12.4 Å². The van der Waals surface area contributed by atoms with Crippen molar-refractivity contribution in [2.75, 3.05) is 13.1 Å². The minimum Gasteiger partial charge on any atom is -0.354 e. The molecule has 0 bridgehead atoms. The average molecular weight is 306 g/mol. The summed E-state index contributed by atoms with van der Waals surface area (Å²) < 4.78 is 1.65. The van der Waals surface area contributed by atoms with Crippen molar-refractivity contribution in [2.24, 2.45) is 0 Å². The average Bonchev–Trinajstić information content (AvgIpc) is 2.96. The van der Waals surface area contributed by atoms with Crippen LogP contribution in [-0.4, -0.2) is 29.6 Å². The van der Waals surface area contributed by atoms with Crippen LogP contribution in [0.2, 0.25) is 0 Å². The summed E-state index contributed by atoms with van der Waals surface area (Å²) in [5.74, 6) is 0.0150. The van der Waals surface area contributed by atoms with Gasteiger partial charge in [-0.1, -0.05) is 11.3 Å². The molecule has 0 spiro atoms. The Kier molecular flexibility index (Phi) is 6.54. The molecule has 108 valence electrons. The van der Waals surface area contributed by atoms with Gasteiger partial charge in [-0.2, -0.15) is 0 Å². The first-order valence-corrected chi connectivity index (χ1v) is 7.20. The van der Waals surface area contributed by atoms with Gasteiger partial charge in [0.1, 0.15) is 0 Å². The SMILES string of the molecule is Cc1csc(=O)n1CCC(=O)NCC1CCCN1.Cl. The second-order valence-corrected chi connectivity index (χ2v) is 5.46. The van der Waals surface area contributed by atoms with Crippen molar-refractivity contribution in [1.82, 2.24) is 15.2 Å². The zero-order valence-corrected chi connectivity index (χ0v) is 12.6. The first kappa shape index (κ1) is 16.2. The van der Waals surface area contributed by atoms with Gasteiger partial charge < -0.3 is 15.2 Å². The van der Waals surface area contributed by atoms with E-state index in [0.717, 1.165) is 18.7 Å². The molecule has 0 radical (unpaired) electrons. The standard InChI is InChI=1S/C12H19N3O2S.ClH/c1-9-8-18-12(17)15(9)6-4-11(16)14-7-10-3-2-5-13-10;/h8,10,13H,2-7H2,1H3,(H,14,16);1H. The molecule has 1 atom stereocenters. The minimum absolute atomic E-state index is 0. The highest BCUT2D eigenvalue weighted by Crippen LogP contribution is 2.03. The Balaban J connectivity index is 0.00000180. The molecule has 1 unspecified atom stereocenters. The molecule has 0 aromatic carbocycles. The summed E-state index contributed by atoms with van der Waals surface area (Å²) in [7, 11) is 0. The molecular formula is C12H20ClN3O2S. The van der Waals surface area contributed by atoms with Crippen molar-refractivity contribution in [3.05, 3.63) is 20.7 Å². The smallest absolute Gasteiger partial charge is 0.307 e. The Morgan fingerprint density at radius 3 is 3.00 bits per heavy atom. The molecule has 2 N–H and O–H groups in total. The van der Waals surface area contributed by atoms with Crippen molar-refractivity contribution in [1.29, 1.82) is 0 Å². The van der Waals surface area contributed by atoms with Crippen LogP contribution in [0, 0.1) is 6.92 Å². The quantitative estimate of drug-likeness (QED) is 0.849. The van der Waals surface area contributed by atoms with Crippen LogP contribution in [0.3, 0.4) is 0 Å². The monoisotopic (exact) mass is 305 g/mol. The number of amides is 1. The first-order valence-electron chi connectivity index (χ1n) is 6.32. The summed E-state index contributed by atoms with van der Waals surface area (Å²) in [6.07, 6.45) is 2.68. The first-order chi connectivity index (χ1) is 8.66. The molecule has 7 heteroatoms. The van der Waals surface area contributed by atoms with Gasteiger partial charge in [0.25, 0.3) is 0 Å². The van der Waals surface area contributed by atoms with E-state index in [1.807, 2.05) is 12.3 Å². The summed E-state index contributed by atoms with van der Waals surface area (Å²) >= 11 is 1.18. The van der Waals surface area contributed by atoms with E-state index in [0.29, 0.717) is 25.6 Å². The number of nitrogens with zero attached hydrogens (tertiary/aromatic N) is 1. The molecule has 1 saturated heterocycles. The highest BCUT2D eigenvalue weighted by atomic mass is 35.5. The van der Waals surface area contributed by atoms with E-state index in [1.54, 1.807) is 4.57 Å². The zero-order valence-electron chi connectivity index (χ0n) is 11.0. The van der Waals surface area contributed by atoms with E-state index in [2.05, 4.69) is 10.6 Å². The number of thiazole rings is 1. The van der Waals surface area contributed by atoms with Crippen molar-refractivity contribution >= 4 is 29.7 Å². The Bertz CT molecular complexity index is 466. The number of halogens is 1. The van der Waals surface area contributed by atoms with E-state index in [-0.39, 0.29) is 23.2 Å². The number of carbonyl (C=O) groups is 1. The van der Waals surface area contributed by atoms with Gasteiger partial charge in [-0.3, -0.25) is 9.59 Å². The van der Waals surface area contributed by atoms with Gasteiger partial charge >= 0.3 is 4.87 Å². The molecule has 5 nitrogen and oxygen atoms in total. The summed E-state index contributed by atoms with van der Waals surface area (Å²) in [4.78, 5) is 23.1. The zero-order chi connectivity index (χ0) is 13.0. The lowest BCUT2D eigenvalue weighted by Gasteiger charge is -2.11. The summed E-state index contributed by atoms with van der Waals surface area (Å²) in [5.41, 5.74) is 0.926. The lowest BCUT2D eigenvalue weighted by atomic mass is 10.2. The van der Waals surface area contributed by atoms with E-state index >= 15 is 0 Å². The molecule has 2 heterocycles. The molecule has 19 heavy (non-hydrogen) atoms. The lowest BCUT2D eigenvalue weighted by molar-refractivity contribution is -0.121. The largest absolute Gasteiger partial charge is 0.354 e. The highest BCUT2D eigenvalue weighted by Gasteiger charge is 2.14. The fourth-order valence-electron chi connectivity index (χ4n) is 2.14. The highest BCUT2D eigenvalue weighted by molar-refractivity contribution is 7.07. The van der Waals surface area contributed by atoms with E-state index in [9.17, 15) is 9.59 Å². The van der Waals surface area contributed by atoms with Crippen LogP contribution in [0.1, 0.15) is 25.0 Å². The van der Waals surface area contributed by atoms with Crippen molar-refractivity contribution in [3.8, 4) is 0 Å². The van der Waals surface area contributed by atoms with Crippen molar-refractivity contribution in [2.45, 2.75) is 38.8 Å². The van der Waals surface area contributed by atoms with Crippen LogP contribution in [0.15, 0.2) is 10.2 Å². The third-order valence-corrected chi connectivity index (χ3v) is 4.13. The molecule has 1 aromatic heterocycles. The Morgan fingerprint density at radius 1 is 1.63 bits per heavy atom. The molecule has 2 rings (SSSR count). The van der Waals surface area contributed by atoms with Gasteiger partial charge in [0, 0.05) is 36.6 Å². The maximum absolute atomic E-state index is 11.7. The second-order valence-electron chi connectivity index (χ2n) is 4.64. The topological polar surface area (TPSA) is 63.1 Å². The van der Waals surface area contributed by atoms with Crippen LogP contribution in [0.4, 0.5) is 0 Å². The summed E-state index contributed by atoms with van der Waals surface area (Å²) in [6, 6.07) is 0.416. The number of hydrogen-bond acceptors (Lipinski definition) is 4. The van der Waals surface area contributed by atoms with Gasteiger partial charge in [0.15, 0.2) is 0 Å². The lowest BCUT2D eigenvalue weighted by Crippen LogP contribution is -2.37. The molecular weight excluding hydrogens is 286 g/mol. The summed E-state index contributed by atoms with van der Waals surface area (Å²) in [5, 5.41) is 8.07. The van der Waals surface area contributed by atoms with Gasteiger partial charge in [-0.25, -0.2) is 0 Å². The third kappa shape index (κ3) is 4.63. The molecule has 0 saturated carbocycles. The Hall–Kier alpha value is -0.850. The fraction of sp³-hybridized carbons (Fsp3) is 0.667. The van der Waals surface area contributed by atoms with E-state index < -0.39 is 0 Å². The van der Waals surface area contributed by atoms with Crippen molar-refractivity contribution < 1.29 is 4.79 Å². The molecule has 1 aliphatic heterocycles. The minimum atomic E-state index is 0. The van der Waals surface area contributed by atoms with Crippen molar-refractivity contribution in [3.63, 3.8) is 0 Å². The van der Waals surface area contributed by atoms with E-state index in [1.165, 1.54) is 17.8 Å². The Morgan fingerprint density at radius 2 is 2.42 bits per heavy atom. The number of nitrogens with one attached hydrogen (secondary N) is 2. The molecule has 1 amide bonds. The molecule has 1 aromatic rings. The number of aromatic nitrogens is 1. The molecule has 1 aliphatic rings. The van der Waals surface area contributed by atoms with E-state index in [4.69, 9.17) is 0 Å². The number of aryl methyl sites for hydroxylation is 1. The number of carbonyl (C=O) groups excluding carboxylic acids is 1. The van der Waals surface area contributed by atoms with Crippen LogP contribution < -0.4 is 15.5 Å². The maximum Gasteiger partial charge on any atom is 0.307 e. The maximum atomic E-state index is 11.7. The number of rotatable bonds is 5. The predicted octanol–water partition coefficient (Wildman–Crippen LogP) is 0.898. The summed E-state index contributed by atoms with van der Waals surface area (Å²) in [6.45, 7) is 4.09. The normalized spacial score (nSPS) is 18.1. The predicted molar refractivity (Wildman–Crippen MR) is 79.2 cm³/mol. The van der Waals surface area contributed by atoms with Crippen LogP contribution in [0.5, 0.6) is 0 Å². The van der Waals surface area contributed by atoms with Crippen LogP contribution >= 0.6 is 23.7 Å². The van der Waals surface area contributed by atoms with Crippen LogP contribution in [0.25, 0.3) is 0 Å².